The first-order valence-electron chi connectivity index (χ1n) is 6.40. The standard InChI is InChI=1S/C14H16N2O3/c1-14(2,9-4-5-9)16-11-6-3-8(12(17)18)7-10(11)15-13(16)19/h3,6-7,9H,4-5H2,1-2H3,(H,15,19)(H,17,18). The maximum Gasteiger partial charge on any atom is 0.335 e. The van der Waals surface area contributed by atoms with Gasteiger partial charge in [0.15, 0.2) is 0 Å². The molecule has 1 aliphatic rings. The van der Waals surface area contributed by atoms with E-state index in [1.54, 1.807) is 10.6 Å². The molecule has 5 nitrogen and oxygen atoms in total. The van der Waals surface area contributed by atoms with E-state index in [0.29, 0.717) is 11.4 Å². The number of imidazole rings is 1. The molecule has 1 aromatic heterocycles. The third kappa shape index (κ3) is 1.77. The zero-order valence-corrected chi connectivity index (χ0v) is 10.9. The summed E-state index contributed by atoms with van der Waals surface area (Å²) < 4.78 is 1.76. The molecule has 1 fully saturated rings. The first-order valence-corrected chi connectivity index (χ1v) is 6.40. The van der Waals surface area contributed by atoms with Crippen LogP contribution in [0.4, 0.5) is 0 Å². The van der Waals surface area contributed by atoms with Gasteiger partial charge in [0.2, 0.25) is 0 Å². The zero-order chi connectivity index (χ0) is 13.8. The van der Waals surface area contributed by atoms with Crippen LogP contribution in [0, 0.1) is 5.92 Å². The molecule has 1 saturated carbocycles. The van der Waals surface area contributed by atoms with Crippen molar-refractivity contribution in [1.29, 1.82) is 0 Å². The number of aromatic carboxylic acids is 1. The lowest BCUT2D eigenvalue weighted by molar-refractivity contribution is 0.0697. The molecule has 0 bridgehead atoms. The van der Waals surface area contributed by atoms with Gasteiger partial charge in [-0.3, -0.25) is 4.57 Å². The van der Waals surface area contributed by atoms with Crippen LogP contribution in [0.5, 0.6) is 0 Å². The number of carbonyl (C=O) groups is 1. The van der Waals surface area contributed by atoms with E-state index < -0.39 is 5.97 Å². The first-order chi connectivity index (χ1) is 8.91. The van der Waals surface area contributed by atoms with Crippen molar-refractivity contribution in [3.8, 4) is 0 Å². The van der Waals surface area contributed by atoms with Gasteiger partial charge in [-0.15, -0.1) is 0 Å². The number of rotatable bonds is 3. The summed E-state index contributed by atoms with van der Waals surface area (Å²) in [4.78, 5) is 25.9. The van der Waals surface area contributed by atoms with Gasteiger partial charge in [0, 0.05) is 5.54 Å². The molecule has 0 spiro atoms. The number of nitrogens with zero attached hydrogens (tertiary/aromatic N) is 1. The number of fused-ring (bicyclic) bond motifs is 1. The van der Waals surface area contributed by atoms with Crippen molar-refractivity contribution in [2.75, 3.05) is 0 Å². The largest absolute Gasteiger partial charge is 0.478 e. The highest BCUT2D eigenvalue weighted by Crippen LogP contribution is 2.44. The number of H-pyrrole nitrogens is 1. The SMILES string of the molecule is CC(C)(C1CC1)n1c(=O)[nH]c2cc(C(=O)O)ccc21. The lowest BCUT2D eigenvalue weighted by Gasteiger charge is -2.26. The summed E-state index contributed by atoms with van der Waals surface area (Å²) in [5.74, 6) is -0.472. The monoisotopic (exact) mass is 260 g/mol. The predicted molar refractivity (Wildman–Crippen MR) is 71.6 cm³/mol. The molecule has 1 aromatic carbocycles. The van der Waals surface area contributed by atoms with E-state index in [-0.39, 0.29) is 16.8 Å². The summed E-state index contributed by atoms with van der Waals surface area (Å²) in [7, 11) is 0. The molecule has 5 heteroatoms. The Balaban J connectivity index is 2.23. The number of aromatic nitrogens is 2. The predicted octanol–water partition coefficient (Wildman–Crippen LogP) is 2.17. The maximum absolute atomic E-state index is 12.2. The van der Waals surface area contributed by atoms with Crippen LogP contribution in [0.1, 0.15) is 37.0 Å². The number of nitrogens with one attached hydrogen (secondary N) is 1. The lowest BCUT2D eigenvalue weighted by Crippen LogP contribution is -2.36. The van der Waals surface area contributed by atoms with Crippen molar-refractivity contribution in [3.05, 3.63) is 34.2 Å². The Hall–Kier alpha value is -2.04. The van der Waals surface area contributed by atoms with E-state index in [1.165, 1.54) is 12.1 Å². The van der Waals surface area contributed by atoms with Gasteiger partial charge in [-0.1, -0.05) is 0 Å². The maximum atomic E-state index is 12.2. The number of carboxylic acids is 1. The van der Waals surface area contributed by atoms with E-state index in [9.17, 15) is 9.59 Å². The van der Waals surface area contributed by atoms with Crippen molar-refractivity contribution in [2.24, 2.45) is 5.92 Å². The Labute approximate surface area is 109 Å². The smallest absolute Gasteiger partial charge is 0.335 e. The molecule has 2 N–H and O–H groups in total. The Morgan fingerprint density at radius 3 is 2.68 bits per heavy atom. The second kappa shape index (κ2) is 3.73. The number of carboxylic acid groups (broad SMARTS) is 1. The van der Waals surface area contributed by atoms with Crippen molar-refractivity contribution in [2.45, 2.75) is 32.2 Å². The van der Waals surface area contributed by atoms with Crippen LogP contribution < -0.4 is 5.69 Å². The van der Waals surface area contributed by atoms with Crippen molar-refractivity contribution >= 4 is 17.0 Å². The van der Waals surface area contributed by atoms with Gasteiger partial charge < -0.3 is 10.1 Å². The molecule has 3 rings (SSSR count). The van der Waals surface area contributed by atoms with Crippen molar-refractivity contribution in [3.63, 3.8) is 0 Å². The molecule has 1 aliphatic carbocycles. The molecule has 0 saturated heterocycles. The van der Waals surface area contributed by atoms with Crippen LogP contribution in [0.15, 0.2) is 23.0 Å². The summed E-state index contributed by atoms with van der Waals surface area (Å²) in [6.45, 7) is 4.12. The van der Waals surface area contributed by atoms with Gasteiger partial charge in [0.25, 0.3) is 0 Å². The lowest BCUT2D eigenvalue weighted by atomic mass is 9.98. The highest BCUT2D eigenvalue weighted by atomic mass is 16.4. The highest BCUT2D eigenvalue weighted by Gasteiger charge is 2.40. The fraction of sp³-hybridized carbons (Fsp3) is 0.429. The molecule has 2 aromatic rings. The first kappa shape index (κ1) is 12.0. The van der Waals surface area contributed by atoms with Crippen LogP contribution in [0.3, 0.4) is 0 Å². The molecule has 0 unspecified atom stereocenters. The van der Waals surface area contributed by atoms with Crippen LogP contribution >= 0.6 is 0 Å². The van der Waals surface area contributed by atoms with Crippen LogP contribution in [0.2, 0.25) is 0 Å². The summed E-state index contributed by atoms with van der Waals surface area (Å²) in [5.41, 5.74) is 1.13. The second-order valence-electron chi connectivity index (χ2n) is 5.73. The molecular weight excluding hydrogens is 244 g/mol. The number of benzene rings is 1. The average molecular weight is 260 g/mol. The molecule has 0 radical (unpaired) electrons. The number of aromatic amines is 1. The van der Waals surface area contributed by atoms with E-state index in [0.717, 1.165) is 18.4 Å². The average Bonchev–Trinajstić information content (AvgIpc) is 3.11. The third-order valence-corrected chi connectivity index (χ3v) is 4.08. The van der Waals surface area contributed by atoms with Crippen LogP contribution in [-0.4, -0.2) is 20.6 Å². The third-order valence-electron chi connectivity index (χ3n) is 4.08. The minimum Gasteiger partial charge on any atom is -0.478 e. The Kier molecular flexibility index (Phi) is 2.36. The molecule has 0 amide bonds. The van der Waals surface area contributed by atoms with Gasteiger partial charge >= 0.3 is 11.7 Å². The van der Waals surface area contributed by atoms with Crippen LogP contribution in [-0.2, 0) is 5.54 Å². The topological polar surface area (TPSA) is 75.1 Å². The van der Waals surface area contributed by atoms with Crippen molar-refractivity contribution in [1.82, 2.24) is 9.55 Å². The fourth-order valence-corrected chi connectivity index (χ4v) is 2.79. The van der Waals surface area contributed by atoms with Gasteiger partial charge in [0.1, 0.15) is 0 Å². The molecule has 0 atom stereocenters. The fourth-order valence-electron chi connectivity index (χ4n) is 2.79. The Morgan fingerprint density at radius 1 is 1.42 bits per heavy atom. The van der Waals surface area contributed by atoms with Gasteiger partial charge in [-0.05, 0) is 50.8 Å². The minimum atomic E-state index is -0.989. The number of hydrogen-bond donors (Lipinski definition) is 2. The summed E-state index contributed by atoms with van der Waals surface area (Å²) in [5, 5.41) is 8.98. The van der Waals surface area contributed by atoms with Crippen molar-refractivity contribution < 1.29 is 9.90 Å². The minimum absolute atomic E-state index is 0.172. The van der Waals surface area contributed by atoms with Gasteiger partial charge in [-0.2, -0.15) is 0 Å². The van der Waals surface area contributed by atoms with Gasteiger partial charge in [0.05, 0.1) is 16.6 Å². The highest BCUT2D eigenvalue weighted by molar-refractivity contribution is 5.92. The summed E-state index contributed by atoms with van der Waals surface area (Å²) in [6.07, 6.45) is 2.28. The zero-order valence-electron chi connectivity index (χ0n) is 10.9. The molecule has 100 valence electrons. The van der Waals surface area contributed by atoms with E-state index in [1.807, 2.05) is 0 Å². The molecule has 19 heavy (non-hydrogen) atoms. The van der Waals surface area contributed by atoms with E-state index in [2.05, 4.69) is 18.8 Å². The van der Waals surface area contributed by atoms with Crippen LogP contribution in [0.25, 0.3) is 11.0 Å². The summed E-state index contributed by atoms with van der Waals surface area (Å²) >= 11 is 0. The Bertz CT molecular complexity index is 720. The molecule has 1 heterocycles. The summed E-state index contributed by atoms with van der Waals surface area (Å²) in [6, 6.07) is 4.76. The normalized spacial score (nSPS) is 15.9. The van der Waals surface area contributed by atoms with E-state index >= 15 is 0 Å². The quantitative estimate of drug-likeness (QED) is 0.888. The molecular formula is C14H16N2O3. The Morgan fingerprint density at radius 2 is 2.11 bits per heavy atom. The molecule has 0 aliphatic heterocycles. The van der Waals surface area contributed by atoms with Gasteiger partial charge in [-0.25, -0.2) is 9.59 Å². The second-order valence-corrected chi connectivity index (χ2v) is 5.73. The number of hydrogen-bond acceptors (Lipinski definition) is 2. The van der Waals surface area contributed by atoms with E-state index in [4.69, 9.17) is 5.11 Å².